The highest BCUT2D eigenvalue weighted by atomic mass is 16.5. The van der Waals surface area contributed by atoms with E-state index in [1.54, 1.807) is 0 Å². The monoisotopic (exact) mass is 228 g/mol. The van der Waals surface area contributed by atoms with Crippen LogP contribution in [-0.2, 0) is 4.74 Å². The molecule has 1 N–H and O–H groups in total. The van der Waals surface area contributed by atoms with Crippen LogP contribution in [-0.4, -0.2) is 48.8 Å². The average molecular weight is 228 g/mol. The minimum Gasteiger partial charge on any atom is -0.378 e. The molecule has 1 aliphatic heterocycles. The highest BCUT2D eigenvalue weighted by Gasteiger charge is 2.30. The molecular formula is C13H28N2O. The summed E-state index contributed by atoms with van der Waals surface area (Å²) >= 11 is 0. The maximum atomic E-state index is 5.52. The normalized spacial score (nSPS) is 22.3. The maximum absolute atomic E-state index is 5.52. The Morgan fingerprint density at radius 2 is 2.06 bits per heavy atom. The van der Waals surface area contributed by atoms with E-state index in [2.05, 4.69) is 44.8 Å². The molecule has 0 radical (unpaired) electrons. The van der Waals surface area contributed by atoms with E-state index in [1.165, 1.54) is 6.42 Å². The van der Waals surface area contributed by atoms with E-state index in [1.807, 2.05) is 0 Å². The molecule has 0 bridgehead atoms. The van der Waals surface area contributed by atoms with E-state index >= 15 is 0 Å². The number of nitrogens with zero attached hydrogens (tertiary/aromatic N) is 1. The lowest BCUT2D eigenvalue weighted by Gasteiger charge is -2.42. The standard InChI is InChI=1S/C13H28N2O/c1-6-12(2,3)14-7-8-15-9-10-16-11-13(15,4)5/h14H,6-11H2,1-5H3. The molecule has 16 heavy (non-hydrogen) atoms. The van der Waals surface area contributed by atoms with Crippen LogP contribution < -0.4 is 5.32 Å². The second-order valence-corrected chi connectivity index (χ2v) is 6.02. The summed E-state index contributed by atoms with van der Waals surface area (Å²) in [4.78, 5) is 2.52. The third-order valence-electron chi connectivity index (χ3n) is 3.69. The van der Waals surface area contributed by atoms with Gasteiger partial charge in [0, 0.05) is 30.7 Å². The van der Waals surface area contributed by atoms with Crippen LogP contribution in [0.4, 0.5) is 0 Å². The third-order valence-corrected chi connectivity index (χ3v) is 3.69. The van der Waals surface area contributed by atoms with Crippen molar-refractivity contribution in [3.05, 3.63) is 0 Å². The SMILES string of the molecule is CCC(C)(C)NCCN1CCOCC1(C)C. The van der Waals surface area contributed by atoms with Gasteiger partial charge in [-0.1, -0.05) is 6.92 Å². The average Bonchev–Trinajstić information content (AvgIpc) is 2.20. The lowest BCUT2D eigenvalue weighted by Crippen LogP contribution is -2.55. The summed E-state index contributed by atoms with van der Waals surface area (Å²) in [5.74, 6) is 0. The van der Waals surface area contributed by atoms with Crippen LogP contribution in [0.15, 0.2) is 0 Å². The van der Waals surface area contributed by atoms with Crippen molar-refractivity contribution in [3.8, 4) is 0 Å². The summed E-state index contributed by atoms with van der Waals surface area (Å²) in [7, 11) is 0. The summed E-state index contributed by atoms with van der Waals surface area (Å²) in [5.41, 5.74) is 0.451. The van der Waals surface area contributed by atoms with E-state index in [4.69, 9.17) is 4.74 Å². The Balaban J connectivity index is 2.31. The molecular weight excluding hydrogens is 200 g/mol. The summed E-state index contributed by atoms with van der Waals surface area (Å²) in [6.45, 7) is 16.2. The van der Waals surface area contributed by atoms with Crippen molar-refractivity contribution in [2.75, 3.05) is 32.8 Å². The van der Waals surface area contributed by atoms with Gasteiger partial charge in [0.15, 0.2) is 0 Å². The van der Waals surface area contributed by atoms with Gasteiger partial charge in [0.25, 0.3) is 0 Å². The second kappa shape index (κ2) is 5.48. The first-order valence-corrected chi connectivity index (χ1v) is 6.45. The number of morpholine rings is 1. The number of hydrogen-bond donors (Lipinski definition) is 1. The van der Waals surface area contributed by atoms with Gasteiger partial charge in [0.2, 0.25) is 0 Å². The van der Waals surface area contributed by atoms with Crippen LogP contribution in [0.5, 0.6) is 0 Å². The molecule has 1 fully saturated rings. The van der Waals surface area contributed by atoms with E-state index in [-0.39, 0.29) is 11.1 Å². The Labute approximate surface area is 101 Å². The number of ether oxygens (including phenoxy) is 1. The molecule has 1 saturated heterocycles. The Morgan fingerprint density at radius 1 is 1.38 bits per heavy atom. The zero-order valence-electron chi connectivity index (χ0n) is 11.6. The first kappa shape index (κ1) is 13.9. The molecule has 1 aliphatic rings. The molecule has 1 rings (SSSR count). The van der Waals surface area contributed by atoms with E-state index in [0.29, 0.717) is 0 Å². The Kier molecular flexibility index (Phi) is 4.77. The van der Waals surface area contributed by atoms with Crippen LogP contribution in [0.2, 0.25) is 0 Å². The highest BCUT2D eigenvalue weighted by molar-refractivity contribution is 4.85. The Bertz CT molecular complexity index is 214. The van der Waals surface area contributed by atoms with Crippen LogP contribution in [0, 0.1) is 0 Å². The van der Waals surface area contributed by atoms with Crippen LogP contribution in [0.3, 0.4) is 0 Å². The molecule has 3 heteroatoms. The molecule has 3 nitrogen and oxygen atoms in total. The Hall–Kier alpha value is -0.120. The van der Waals surface area contributed by atoms with Gasteiger partial charge < -0.3 is 10.1 Å². The predicted octanol–water partition coefficient (Wildman–Crippen LogP) is 1.88. The first-order valence-electron chi connectivity index (χ1n) is 6.45. The van der Waals surface area contributed by atoms with E-state index in [9.17, 15) is 0 Å². The van der Waals surface area contributed by atoms with Gasteiger partial charge in [-0.2, -0.15) is 0 Å². The molecule has 0 aromatic rings. The van der Waals surface area contributed by atoms with Crippen molar-refractivity contribution in [1.29, 1.82) is 0 Å². The zero-order chi connectivity index (χ0) is 12.2. The van der Waals surface area contributed by atoms with Gasteiger partial charge in [-0.25, -0.2) is 0 Å². The molecule has 0 atom stereocenters. The Morgan fingerprint density at radius 3 is 2.62 bits per heavy atom. The highest BCUT2D eigenvalue weighted by Crippen LogP contribution is 2.18. The quantitative estimate of drug-likeness (QED) is 0.777. The van der Waals surface area contributed by atoms with Gasteiger partial charge in [-0.15, -0.1) is 0 Å². The fourth-order valence-corrected chi connectivity index (χ4v) is 1.96. The molecule has 0 saturated carbocycles. The minimum atomic E-state index is 0.191. The van der Waals surface area contributed by atoms with Crippen LogP contribution in [0.1, 0.15) is 41.0 Å². The maximum Gasteiger partial charge on any atom is 0.0645 e. The van der Waals surface area contributed by atoms with Gasteiger partial charge >= 0.3 is 0 Å². The number of rotatable bonds is 5. The molecule has 0 aromatic heterocycles. The molecule has 1 heterocycles. The third kappa shape index (κ3) is 4.04. The number of hydrogen-bond acceptors (Lipinski definition) is 3. The summed E-state index contributed by atoms with van der Waals surface area (Å²) < 4.78 is 5.52. The fraction of sp³-hybridized carbons (Fsp3) is 1.00. The van der Waals surface area contributed by atoms with Crippen molar-refractivity contribution in [3.63, 3.8) is 0 Å². The molecule has 0 aromatic carbocycles. The first-order chi connectivity index (χ1) is 7.37. The largest absolute Gasteiger partial charge is 0.378 e. The smallest absolute Gasteiger partial charge is 0.0645 e. The zero-order valence-corrected chi connectivity index (χ0v) is 11.6. The predicted molar refractivity (Wildman–Crippen MR) is 68.8 cm³/mol. The van der Waals surface area contributed by atoms with Crippen molar-refractivity contribution in [2.24, 2.45) is 0 Å². The van der Waals surface area contributed by atoms with Crippen LogP contribution in [0.25, 0.3) is 0 Å². The van der Waals surface area contributed by atoms with Gasteiger partial charge in [-0.05, 0) is 34.1 Å². The van der Waals surface area contributed by atoms with Crippen molar-refractivity contribution in [2.45, 2.75) is 52.1 Å². The van der Waals surface area contributed by atoms with Gasteiger partial charge in [0.1, 0.15) is 0 Å². The summed E-state index contributed by atoms with van der Waals surface area (Å²) in [6, 6.07) is 0. The molecule has 0 unspecified atom stereocenters. The minimum absolute atomic E-state index is 0.191. The van der Waals surface area contributed by atoms with Crippen molar-refractivity contribution in [1.82, 2.24) is 10.2 Å². The van der Waals surface area contributed by atoms with Crippen molar-refractivity contribution >= 4 is 0 Å². The van der Waals surface area contributed by atoms with Gasteiger partial charge in [0.05, 0.1) is 13.2 Å². The molecule has 0 amide bonds. The van der Waals surface area contributed by atoms with Crippen molar-refractivity contribution < 1.29 is 4.74 Å². The topological polar surface area (TPSA) is 24.5 Å². The number of nitrogens with one attached hydrogen (secondary N) is 1. The van der Waals surface area contributed by atoms with Gasteiger partial charge in [-0.3, -0.25) is 4.90 Å². The molecule has 0 aliphatic carbocycles. The lowest BCUT2D eigenvalue weighted by molar-refractivity contribution is -0.0505. The summed E-state index contributed by atoms with van der Waals surface area (Å²) in [5, 5.41) is 3.61. The summed E-state index contributed by atoms with van der Waals surface area (Å²) in [6.07, 6.45) is 1.17. The fourth-order valence-electron chi connectivity index (χ4n) is 1.96. The van der Waals surface area contributed by atoms with E-state index in [0.717, 1.165) is 32.8 Å². The van der Waals surface area contributed by atoms with Crippen LogP contribution >= 0.6 is 0 Å². The molecule has 0 spiro atoms. The second-order valence-electron chi connectivity index (χ2n) is 6.02. The van der Waals surface area contributed by atoms with E-state index < -0.39 is 0 Å². The lowest BCUT2D eigenvalue weighted by atomic mass is 10.0. The molecule has 96 valence electrons.